The van der Waals surface area contributed by atoms with E-state index in [9.17, 15) is 19.8 Å². The molecule has 0 aliphatic heterocycles. The van der Waals surface area contributed by atoms with E-state index in [0.29, 0.717) is 17.8 Å². The molecule has 184 valence electrons. The van der Waals surface area contributed by atoms with Crippen molar-refractivity contribution in [3.8, 4) is 0 Å². The number of oxime groups is 1. The van der Waals surface area contributed by atoms with Crippen LogP contribution in [0.3, 0.4) is 0 Å². The smallest absolute Gasteiger partial charge is 0.328 e. The quantitative estimate of drug-likeness (QED) is 0.449. The van der Waals surface area contributed by atoms with Gasteiger partial charge in [0, 0.05) is 0 Å². The van der Waals surface area contributed by atoms with Gasteiger partial charge in [-0.2, -0.15) is 0 Å². The number of aliphatic hydroxyl groups is 2. The lowest BCUT2D eigenvalue weighted by molar-refractivity contribution is -0.145. The first-order valence-electron chi connectivity index (χ1n) is 12.3. The van der Waals surface area contributed by atoms with Crippen molar-refractivity contribution >= 4 is 17.6 Å². The van der Waals surface area contributed by atoms with Crippen LogP contribution >= 0.6 is 0 Å². The SMILES string of the molecule is C[C@H](O)[C@H](NC(=O)CON=C1C=C2CC[C@H]3[C@@H](CC[C@]4(C)[C@@H](O)CC[C@@H]34)[C@@]2(C)CC1)C(=O)O. The van der Waals surface area contributed by atoms with Crippen molar-refractivity contribution in [2.24, 2.45) is 33.7 Å². The third-order valence-corrected chi connectivity index (χ3v) is 9.37. The van der Waals surface area contributed by atoms with Gasteiger partial charge >= 0.3 is 5.97 Å². The van der Waals surface area contributed by atoms with E-state index in [1.165, 1.54) is 18.9 Å². The van der Waals surface area contributed by atoms with Crippen molar-refractivity contribution in [3.05, 3.63) is 11.6 Å². The number of hydrogen-bond donors (Lipinski definition) is 4. The number of nitrogens with zero attached hydrogens (tertiary/aromatic N) is 1. The van der Waals surface area contributed by atoms with Crippen molar-refractivity contribution in [1.82, 2.24) is 5.32 Å². The molecule has 0 aromatic carbocycles. The third kappa shape index (κ3) is 4.32. The Morgan fingerprint density at radius 3 is 2.64 bits per heavy atom. The summed E-state index contributed by atoms with van der Waals surface area (Å²) in [5.74, 6) is 0.00935. The number of carboxylic acid groups (broad SMARTS) is 1. The molecule has 4 aliphatic rings. The lowest BCUT2D eigenvalue weighted by atomic mass is 9.47. The summed E-state index contributed by atoms with van der Waals surface area (Å²) < 4.78 is 0. The number of nitrogens with one attached hydrogen (secondary N) is 1. The molecule has 8 atom stereocenters. The highest BCUT2D eigenvalue weighted by Gasteiger charge is 2.58. The Balaban J connectivity index is 1.39. The largest absolute Gasteiger partial charge is 0.480 e. The molecule has 8 heteroatoms. The van der Waals surface area contributed by atoms with E-state index >= 15 is 0 Å². The van der Waals surface area contributed by atoms with Crippen molar-refractivity contribution in [2.75, 3.05) is 6.61 Å². The number of carbonyl (C=O) groups excluding carboxylic acids is 1. The highest BCUT2D eigenvalue weighted by molar-refractivity contribution is 5.96. The molecule has 4 rings (SSSR count). The van der Waals surface area contributed by atoms with Crippen LogP contribution in [0.4, 0.5) is 0 Å². The highest BCUT2D eigenvalue weighted by Crippen LogP contribution is 2.65. The average Bonchev–Trinajstić information content (AvgIpc) is 3.06. The Bertz CT molecular complexity index is 854. The van der Waals surface area contributed by atoms with E-state index in [1.807, 2.05) is 0 Å². The molecule has 4 aliphatic carbocycles. The number of aliphatic carboxylic acids is 1. The third-order valence-electron chi connectivity index (χ3n) is 9.37. The van der Waals surface area contributed by atoms with Gasteiger partial charge in [0.25, 0.3) is 5.91 Å². The van der Waals surface area contributed by atoms with E-state index in [1.54, 1.807) is 0 Å². The van der Waals surface area contributed by atoms with E-state index in [4.69, 9.17) is 9.94 Å². The summed E-state index contributed by atoms with van der Waals surface area (Å²) in [4.78, 5) is 28.3. The number of amides is 1. The molecule has 3 saturated carbocycles. The molecule has 33 heavy (non-hydrogen) atoms. The summed E-state index contributed by atoms with van der Waals surface area (Å²) in [5.41, 5.74) is 2.47. The zero-order chi connectivity index (χ0) is 24.0. The lowest BCUT2D eigenvalue weighted by Gasteiger charge is -2.57. The summed E-state index contributed by atoms with van der Waals surface area (Å²) in [5, 5.41) is 35.5. The molecule has 3 fully saturated rings. The number of fused-ring (bicyclic) bond motifs is 5. The fraction of sp³-hybridized carbons (Fsp3) is 0.800. The molecule has 0 heterocycles. The first kappa shape index (κ1) is 24.2. The molecule has 8 nitrogen and oxygen atoms in total. The normalized spacial score (nSPS) is 40.6. The fourth-order valence-corrected chi connectivity index (χ4v) is 7.39. The summed E-state index contributed by atoms with van der Waals surface area (Å²) in [7, 11) is 0. The van der Waals surface area contributed by atoms with Gasteiger partial charge < -0.3 is 25.5 Å². The van der Waals surface area contributed by atoms with Crippen LogP contribution < -0.4 is 5.32 Å². The molecule has 1 amide bonds. The van der Waals surface area contributed by atoms with Gasteiger partial charge in [0.1, 0.15) is 0 Å². The summed E-state index contributed by atoms with van der Waals surface area (Å²) in [6.07, 6.45) is 9.11. The fourth-order valence-electron chi connectivity index (χ4n) is 7.39. The number of carboxylic acids is 1. The van der Waals surface area contributed by atoms with Crippen LogP contribution in [0.25, 0.3) is 0 Å². The monoisotopic (exact) mass is 462 g/mol. The molecule has 4 N–H and O–H groups in total. The van der Waals surface area contributed by atoms with Gasteiger partial charge in [0.05, 0.1) is 17.9 Å². The van der Waals surface area contributed by atoms with Crippen LogP contribution in [-0.2, 0) is 14.4 Å². The van der Waals surface area contributed by atoms with E-state index in [2.05, 4.69) is 30.4 Å². The minimum absolute atomic E-state index is 0.0852. The number of allylic oxidation sites excluding steroid dienone is 2. The Morgan fingerprint density at radius 2 is 1.94 bits per heavy atom. The molecular formula is C25H38N2O6. The van der Waals surface area contributed by atoms with Gasteiger partial charge in [-0.05, 0) is 93.0 Å². The van der Waals surface area contributed by atoms with Crippen molar-refractivity contribution in [2.45, 2.75) is 90.4 Å². The zero-order valence-corrected chi connectivity index (χ0v) is 19.9. The first-order chi connectivity index (χ1) is 15.6. The topological polar surface area (TPSA) is 128 Å². The second-order valence-corrected chi connectivity index (χ2v) is 11.1. The molecule has 0 spiro atoms. The number of aliphatic hydroxyl groups excluding tert-OH is 2. The summed E-state index contributed by atoms with van der Waals surface area (Å²) in [6.45, 7) is 5.62. The average molecular weight is 463 g/mol. The van der Waals surface area contributed by atoms with Gasteiger partial charge in [-0.1, -0.05) is 24.6 Å². The Hall–Kier alpha value is -1.93. The molecule has 0 radical (unpaired) electrons. The van der Waals surface area contributed by atoms with E-state index < -0.39 is 30.6 Å². The Labute approximate surface area is 195 Å². The second-order valence-electron chi connectivity index (χ2n) is 11.1. The number of hydrogen-bond acceptors (Lipinski definition) is 6. The maximum absolute atomic E-state index is 12.0. The Morgan fingerprint density at radius 1 is 1.18 bits per heavy atom. The van der Waals surface area contributed by atoms with Crippen LogP contribution in [0.1, 0.15) is 72.1 Å². The lowest BCUT2D eigenvalue weighted by Crippen LogP contribution is -2.51. The minimum atomic E-state index is -1.38. The van der Waals surface area contributed by atoms with Crippen molar-refractivity contribution < 1.29 is 29.7 Å². The number of carbonyl (C=O) groups is 2. The van der Waals surface area contributed by atoms with Crippen molar-refractivity contribution in [1.29, 1.82) is 0 Å². The molecular weight excluding hydrogens is 424 g/mol. The zero-order valence-electron chi connectivity index (χ0n) is 19.9. The van der Waals surface area contributed by atoms with Crippen LogP contribution in [-0.4, -0.2) is 57.8 Å². The van der Waals surface area contributed by atoms with Crippen LogP contribution in [0.15, 0.2) is 16.8 Å². The Kier molecular flexibility index (Phi) is 6.62. The summed E-state index contributed by atoms with van der Waals surface area (Å²) >= 11 is 0. The van der Waals surface area contributed by atoms with Gasteiger partial charge in [-0.15, -0.1) is 0 Å². The molecule has 0 bridgehead atoms. The van der Waals surface area contributed by atoms with Crippen LogP contribution in [0.5, 0.6) is 0 Å². The van der Waals surface area contributed by atoms with Gasteiger partial charge in [-0.25, -0.2) is 4.79 Å². The maximum Gasteiger partial charge on any atom is 0.328 e. The highest BCUT2D eigenvalue weighted by atomic mass is 16.6. The van der Waals surface area contributed by atoms with Gasteiger partial charge in [-0.3, -0.25) is 4.79 Å². The standard InChI is InChI=1S/C25H38N2O6/c1-14(28)22(23(31)32)26-21(30)13-33-27-16-8-10-24(2)15(12-16)4-5-17-18-6-7-20(29)25(18,3)11-9-19(17)24/h12,14,17-20,22,28-29H,4-11,13H2,1-3H3,(H,26,30)(H,31,32)/t14-,17+,18-,19+,20-,22-,24-,25-/m0/s1. The van der Waals surface area contributed by atoms with Crippen LogP contribution in [0.2, 0.25) is 0 Å². The molecule has 0 aromatic heterocycles. The molecule has 0 saturated heterocycles. The number of rotatable bonds is 6. The van der Waals surface area contributed by atoms with Gasteiger partial charge in [0.2, 0.25) is 0 Å². The second kappa shape index (κ2) is 9.02. The molecule has 0 unspecified atom stereocenters. The van der Waals surface area contributed by atoms with E-state index in [-0.39, 0.29) is 16.9 Å². The minimum Gasteiger partial charge on any atom is -0.480 e. The maximum atomic E-state index is 12.0. The van der Waals surface area contributed by atoms with Gasteiger partial charge in [0.15, 0.2) is 12.6 Å². The van der Waals surface area contributed by atoms with Crippen molar-refractivity contribution in [3.63, 3.8) is 0 Å². The predicted molar refractivity (Wildman–Crippen MR) is 122 cm³/mol. The first-order valence-corrected chi connectivity index (χ1v) is 12.3. The van der Waals surface area contributed by atoms with Crippen LogP contribution in [0, 0.1) is 28.6 Å². The summed E-state index contributed by atoms with van der Waals surface area (Å²) in [6, 6.07) is -1.38. The van der Waals surface area contributed by atoms with E-state index in [0.717, 1.165) is 50.7 Å². The predicted octanol–water partition coefficient (Wildman–Crippen LogP) is 2.63. The molecule has 0 aromatic rings.